The number of nitrogens with zero attached hydrogens (tertiary/aromatic N) is 1. The summed E-state index contributed by atoms with van der Waals surface area (Å²) in [5.74, 6) is 0.669. The molecule has 1 aromatic carbocycles. The summed E-state index contributed by atoms with van der Waals surface area (Å²) in [6.45, 7) is 0.903. The largest absolute Gasteiger partial charge is 0.312 e. The van der Waals surface area contributed by atoms with Gasteiger partial charge in [0.1, 0.15) is 0 Å². The van der Waals surface area contributed by atoms with Gasteiger partial charge < -0.3 is 4.90 Å². The van der Waals surface area contributed by atoms with E-state index in [0.717, 1.165) is 49.7 Å². The second-order valence-electron chi connectivity index (χ2n) is 5.27. The van der Waals surface area contributed by atoms with Crippen molar-refractivity contribution in [3.63, 3.8) is 0 Å². The normalized spacial score (nSPS) is 18.6. The van der Waals surface area contributed by atoms with Crippen LogP contribution in [-0.4, -0.2) is 17.8 Å². The Labute approximate surface area is 116 Å². The van der Waals surface area contributed by atoms with Gasteiger partial charge in [0.2, 0.25) is 5.91 Å². The molecule has 3 rings (SSSR count). The van der Waals surface area contributed by atoms with Crippen molar-refractivity contribution in [1.82, 2.24) is 0 Å². The Morgan fingerprint density at radius 1 is 1.39 bits per heavy atom. The van der Waals surface area contributed by atoms with Gasteiger partial charge in [-0.25, -0.2) is 0 Å². The number of fused-ring (bicyclic) bond motifs is 1. The van der Waals surface area contributed by atoms with Gasteiger partial charge in [0.15, 0.2) is 0 Å². The minimum Gasteiger partial charge on any atom is -0.312 e. The van der Waals surface area contributed by atoms with Gasteiger partial charge in [-0.3, -0.25) is 4.79 Å². The Morgan fingerprint density at radius 3 is 2.94 bits per heavy atom. The minimum absolute atomic E-state index is 0.318. The molecule has 0 bridgehead atoms. The Morgan fingerprint density at radius 2 is 2.22 bits per heavy atom. The van der Waals surface area contributed by atoms with E-state index < -0.39 is 0 Å². The topological polar surface area (TPSA) is 20.3 Å². The number of halogens is 1. The molecule has 0 aromatic heterocycles. The molecule has 0 N–H and O–H groups in total. The molecule has 0 atom stereocenters. The maximum absolute atomic E-state index is 12.3. The van der Waals surface area contributed by atoms with E-state index in [1.807, 2.05) is 4.90 Å². The van der Waals surface area contributed by atoms with Gasteiger partial charge in [-0.15, -0.1) is 0 Å². The van der Waals surface area contributed by atoms with Crippen LogP contribution in [0.1, 0.15) is 30.4 Å². The number of hydrogen-bond donors (Lipinski definition) is 0. The van der Waals surface area contributed by atoms with Gasteiger partial charge in [0.25, 0.3) is 0 Å². The van der Waals surface area contributed by atoms with Crippen molar-refractivity contribution in [1.29, 1.82) is 0 Å². The summed E-state index contributed by atoms with van der Waals surface area (Å²) in [4.78, 5) is 14.3. The molecule has 1 amide bonds. The summed E-state index contributed by atoms with van der Waals surface area (Å²) in [7, 11) is 0. The number of alkyl halides is 1. The summed E-state index contributed by atoms with van der Waals surface area (Å²) in [6, 6.07) is 6.59. The quantitative estimate of drug-likeness (QED) is 0.785. The monoisotopic (exact) mass is 307 g/mol. The Bertz CT molecular complexity index is 468. The Kier molecular flexibility index (Phi) is 3.42. The molecular weight excluding hydrogens is 290 g/mol. The first-order chi connectivity index (χ1) is 8.79. The first kappa shape index (κ1) is 12.2. The first-order valence-corrected chi connectivity index (χ1v) is 7.91. The summed E-state index contributed by atoms with van der Waals surface area (Å²) in [5.41, 5.74) is 3.89. The third-order valence-corrected chi connectivity index (χ3v) is 4.23. The van der Waals surface area contributed by atoms with Crippen molar-refractivity contribution in [2.45, 2.75) is 32.1 Å². The van der Waals surface area contributed by atoms with Crippen molar-refractivity contribution in [3.05, 3.63) is 29.3 Å². The van der Waals surface area contributed by atoms with E-state index in [-0.39, 0.29) is 0 Å². The fourth-order valence-electron chi connectivity index (χ4n) is 2.69. The smallest absolute Gasteiger partial charge is 0.230 e. The third kappa shape index (κ3) is 2.33. The highest BCUT2D eigenvalue weighted by atomic mass is 79.9. The van der Waals surface area contributed by atoms with Gasteiger partial charge >= 0.3 is 0 Å². The molecule has 96 valence electrons. The van der Waals surface area contributed by atoms with E-state index in [9.17, 15) is 4.79 Å². The SMILES string of the molecule is O=C(C1CC1)N1CCCc2cc(CCBr)ccc21. The summed E-state index contributed by atoms with van der Waals surface area (Å²) in [5, 5.41) is 0.997. The van der Waals surface area contributed by atoms with Crippen LogP contribution in [0, 0.1) is 5.92 Å². The highest BCUT2D eigenvalue weighted by molar-refractivity contribution is 9.09. The second kappa shape index (κ2) is 5.04. The molecule has 2 nitrogen and oxygen atoms in total. The predicted molar refractivity (Wildman–Crippen MR) is 77.3 cm³/mol. The molecule has 0 spiro atoms. The summed E-state index contributed by atoms with van der Waals surface area (Å²) in [6.07, 6.45) is 5.45. The van der Waals surface area contributed by atoms with Gasteiger partial charge in [0, 0.05) is 23.5 Å². The number of hydrogen-bond acceptors (Lipinski definition) is 1. The van der Waals surface area contributed by atoms with Crippen molar-refractivity contribution in [2.75, 3.05) is 16.8 Å². The molecule has 0 radical (unpaired) electrons. The first-order valence-electron chi connectivity index (χ1n) is 6.79. The summed E-state index contributed by atoms with van der Waals surface area (Å²) >= 11 is 3.48. The molecular formula is C15H18BrNO. The average Bonchev–Trinajstić information content (AvgIpc) is 3.21. The van der Waals surface area contributed by atoms with Crippen LogP contribution in [0.15, 0.2) is 18.2 Å². The molecule has 1 aliphatic carbocycles. The predicted octanol–water partition coefficient (Wildman–Crippen LogP) is 3.31. The van der Waals surface area contributed by atoms with Crippen LogP contribution in [-0.2, 0) is 17.6 Å². The summed E-state index contributed by atoms with van der Waals surface area (Å²) < 4.78 is 0. The van der Waals surface area contributed by atoms with Crippen LogP contribution in [0.5, 0.6) is 0 Å². The van der Waals surface area contributed by atoms with E-state index in [1.165, 1.54) is 11.1 Å². The molecule has 1 aromatic rings. The van der Waals surface area contributed by atoms with Crippen molar-refractivity contribution < 1.29 is 4.79 Å². The zero-order valence-corrected chi connectivity index (χ0v) is 12.1. The number of carbonyl (C=O) groups excluding carboxylic acids is 1. The fourth-order valence-corrected chi connectivity index (χ4v) is 3.15. The standard InChI is InChI=1S/C15H18BrNO/c16-8-7-11-3-6-14-13(10-11)2-1-9-17(14)15(18)12-4-5-12/h3,6,10,12H,1-2,4-5,7-9H2. The molecule has 0 saturated heterocycles. The zero-order chi connectivity index (χ0) is 12.5. The lowest BCUT2D eigenvalue weighted by molar-refractivity contribution is -0.119. The number of anilines is 1. The minimum atomic E-state index is 0.318. The number of amides is 1. The molecule has 1 heterocycles. The number of rotatable bonds is 3. The van der Waals surface area contributed by atoms with E-state index in [0.29, 0.717) is 11.8 Å². The van der Waals surface area contributed by atoms with E-state index in [4.69, 9.17) is 0 Å². The van der Waals surface area contributed by atoms with E-state index >= 15 is 0 Å². The van der Waals surface area contributed by atoms with Crippen molar-refractivity contribution in [2.24, 2.45) is 5.92 Å². The van der Waals surface area contributed by atoms with Gasteiger partial charge in [-0.1, -0.05) is 28.1 Å². The molecule has 1 fully saturated rings. The molecule has 0 unspecified atom stereocenters. The lowest BCUT2D eigenvalue weighted by atomic mass is 9.98. The molecule has 18 heavy (non-hydrogen) atoms. The van der Waals surface area contributed by atoms with Crippen LogP contribution in [0.3, 0.4) is 0 Å². The Hall–Kier alpha value is -0.830. The number of benzene rings is 1. The maximum Gasteiger partial charge on any atom is 0.230 e. The molecule has 2 aliphatic rings. The number of carbonyl (C=O) groups is 1. The van der Waals surface area contributed by atoms with Gasteiger partial charge in [0.05, 0.1) is 0 Å². The van der Waals surface area contributed by atoms with Crippen LogP contribution in [0.2, 0.25) is 0 Å². The van der Waals surface area contributed by atoms with Gasteiger partial charge in [-0.2, -0.15) is 0 Å². The van der Waals surface area contributed by atoms with Crippen LogP contribution in [0.4, 0.5) is 5.69 Å². The fraction of sp³-hybridized carbons (Fsp3) is 0.533. The van der Waals surface area contributed by atoms with Crippen LogP contribution in [0.25, 0.3) is 0 Å². The van der Waals surface area contributed by atoms with Crippen LogP contribution >= 0.6 is 15.9 Å². The van der Waals surface area contributed by atoms with Crippen molar-refractivity contribution >= 4 is 27.5 Å². The lowest BCUT2D eigenvalue weighted by Gasteiger charge is -2.30. The molecule has 3 heteroatoms. The second-order valence-corrected chi connectivity index (χ2v) is 6.06. The van der Waals surface area contributed by atoms with Crippen molar-refractivity contribution in [3.8, 4) is 0 Å². The highest BCUT2D eigenvalue weighted by Crippen LogP contribution is 2.36. The number of aryl methyl sites for hydroxylation is 2. The van der Waals surface area contributed by atoms with E-state index in [1.54, 1.807) is 0 Å². The zero-order valence-electron chi connectivity index (χ0n) is 10.5. The molecule has 1 saturated carbocycles. The lowest BCUT2D eigenvalue weighted by Crippen LogP contribution is -2.36. The Balaban J connectivity index is 1.88. The van der Waals surface area contributed by atoms with Crippen LogP contribution < -0.4 is 4.90 Å². The average molecular weight is 308 g/mol. The van der Waals surface area contributed by atoms with Gasteiger partial charge in [-0.05, 0) is 49.3 Å². The maximum atomic E-state index is 12.3. The molecule has 1 aliphatic heterocycles. The highest BCUT2D eigenvalue weighted by Gasteiger charge is 2.35. The van der Waals surface area contributed by atoms with E-state index in [2.05, 4.69) is 34.1 Å². The third-order valence-electron chi connectivity index (χ3n) is 3.84.